The van der Waals surface area contributed by atoms with Gasteiger partial charge in [-0.2, -0.15) is 5.26 Å². The molecule has 0 aromatic carbocycles. The van der Waals surface area contributed by atoms with Crippen LogP contribution in [0.2, 0.25) is 0 Å². The summed E-state index contributed by atoms with van der Waals surface area (Å²) in [7, 11) is 0. The number of fused-ring (bicyclic) bond motifs is 1. The van der Waals surface area contributed by atoms with Crippen molar-refractivity contribution in [1.29, 1.82) is 5.26 Å². The lowest BCUT2D eigenvalue weighted by molar-refractivity contribution is 0.114. The van der Waals surface area contributed by atoms with E-state index < -0.39 is 0 Å². The van der Waals surface area contributed by atoms with Crippen molar-refractivity contribution in [3.8, 4) is 6.07 Å². The Morgan fingerprint density at radius 3 is 3.00 bits per heavy atom. The number of piperidine rings is 1. The lowest BCUT2D eigenvalue weighted by Gasteiger charge is -2.38. The zero-order valence-electron chi connectivity index (χ0n) is 10.5. The van der Waals surface area contributed by atoms with Gasteiger partial charge in [0.25, 0.3) is 0 Å². The van der Waals surface area contributed by atoms with Gasteiger partial charge in [-0.3, -0.25) is 4.90 Å². The van der Waals surface area contributed by atoms with Crippen LogP contribution in [0.3, 0.4) is 0 Å². The molecule has 3 heteroatoms. The molecule has 16 heavy (non-hydrogen) atoms. The number of hydrogen-bond acceptors (Lipinski definition) is 3. The van der Waals surface area contributed by atoms with Crippen LogP contribution in [0.1, 0.15) is 33.1 Å². The highest BCUT2D eigenvalue weighted by molar-refractivity contribution is 4.95. The SMILES string of the molecule is CC(C)(C#N)CCN1CCCC2CNCC21. The van der Waals surface area contributed by atoms with Gasteiger partial charge in [0.15, 0.2) is 0 Å². The minimum Gasteiger partial charge on any atom is -0.315 e. The number of likely N-dealkylation sites (tertiary alicyclic amines) is 1. The molecule has 2 atom stereocenters. The van der Waals surface area contributed by atoms with Gasteiger partial charge in [-0.1, -0.05) is 0 Å². The van der Waals surface area contributed by atoms with Crippen molar-refractivity contribution in [3.63, 3.8) is 0 Å². The zero-order valence-corrected chi connectivity index (χ0v) is 10.5. The van der Waals surface area contributed by atoms with Gasteiger partial charge in [-0.15, -0.1) is 0 Å². The van der Waals surface area contributed by atoms with Crippen LogP contribution < -0.4 is 5.32 Å². The molecule has 2 rings (SSSR count). The van der Waals surface area contributed by atoms with Crippen LogP contribution in [-0.4, -0.2) is 37.1 Å². The van der Waals surface area contributed by atoms with Gasteiger partial charge in [0.1, 0.15) is 0 Å². The summed E-state index contributed by atoms with van der Waals surface area (Å²) in [6, 6.07) is 3.14. The lowest BCUT2D eigenvalue weighted by atomic mass is 9.88. The van der Waals surface area contributed by atoms with E-state index in [1.165, 1.54) is 25.9 Å². The van der Waals surface area contributed by atoms with E-state index >= 15 is 0 Å². The summed E-state index contributed by atoms with van der Waals surface area (Å²) in [6.45, 7) is 8.75. The lowest BCUT2D eigenvalue weighted by Crippen LogP contribution is -2.46. The smallest absolute Gasteiger partial charge is 0.0684 e. The van der Waals surface area contributed by atoms with E-state index in [1.54, 1.807) is 0 Å². The van der Waals surface area contributed by atoms with Crippen molar-refractivity contribution in [2.75, 3.05) is 26.2 Å². The van der Waals surface area contributed by atoms with Gasteiger partial charge < -0.3 is 5.32 Å². The molecule has 0 bridgehead atoms. The molecule has 0 amide bonds. The molecule has 0 spiro atoms. The van der Waals surface area contributed by atoms with E-state index in [2.05, 4.69) is 16.3 Å². The molecule has 0 aromatic heterocycles. The Morgan fingerprint density at radius 2 is 2.25 bits per heavy atom. The summed E-state index contributed by atoms with van der Waals surface area (Å²) in [5.74, 6) is 0.860. The highest BCUT2D eigenvalue weighted by atomic mass is 15.2. The van der Waals surface area contributed by atoms with E-state index in [-0.39, 0.29) is 5.41 Å². The summed E-state index contributed by atoms with van der Waals surface area (Å²) in [6.07, 6.45) is 3.71. The number of hydrogen-bond donors (Lipinski definition) is 1. The first-order chi connectivity index (χ1) is 7.62. The Morgan fingerprint density at radius 1 is 1.44 bits per heavy atom. The Hall–Kier alpha value is -0.590. The largest absolute Gasteiger partial charge is 0.315 e. The van der Waals surface area contributed by atoms with Gasteiger partial charge in [0.05, 0.1) is 11.5 Å². The number of rotatable bonds is 3. The summed E-state index contributed by atoms with van der Waals surface area (Å²) in [5.41, 5.74) is -0.168. The average Bonchev–Trinajstić information content (AvgIpc) is 2.75. The average molecular weight is 221 g/mol. The second-order valence-corrected chi connectivity index (χ2v) is 5.91. The fraction of sp³-hybridized carbons (Fsp3) is 0.923. The molecule has 2 aliphatic rings. The molecule has 2 heterocycles. The van der Waals surface area contributed by atoms with Crippen molar-refractivity contribution in [2.24, 2.45) is 11.3 Å². The second-order valence-electron chi connectivity index (χ2n) is 5.91. The summed E-state index contributed by atoms with van der Waals surface area (Å²) >= 11 is 0. The van der Waals surface area contributed by atoms with Gasteiger partial charge >= 0.3 is 0 Å². The van der Waals surface area contributed by atoms with Crippen LogP contribution in [0, 0.1) is 22.7 Å². The predicted octanol–water partition coefficient (Wildman–Crippen LogP) is 1.61. The fourth-order valence-electron chi connectivity index (χ4n) is 2.92. The Bertz CT molecular complexity index is 279. The van der Waals surface area contributed by atoms with Gasteiger partial charge in [0.2, 0.25) is 0 Å². The minimum absolute atomic E-state index is 0.168. The van der Waals surface area contributed by atoms with Crippen molar-refractivity contribution in [1.82, 2.24) is 10.2 Å². The summed E-state index contributed by atoms with van der Waals surface area (Å²) < 4.78 is 0. The Balaban J connectivity index is 1.87. The van der Waals surface area contributed by atoms with Crippen LogP contribution in [0.5, 0.6) is 0 Å². The van der Waals surface area contributed by atoms with Crippen LogP contribution in [0.25, 0.3) is 0 Å². The van der Waals surface area contributed by atoms with E-state index in [4.69, 9.17) is 5.26 Å². The summed E-state index contributed by atoms with van der Waals surface area (Å²) in [5, 5.41) is 12.5. The van der Waals surface area contributed by atoms with Gasteiger partial charge in [0, 0.05) is 12.6 Å². The topological polar surface area (TPSA) is 39.1 Å². The van der Waals surface area contributed by atoms with E-state index in [0.717, 1.165) is 31.5 Å². The summed E-state index contributed by atoms with van der Waals surface area (Å²) in [4.78, 5) is 2.60. The molecule has 3 nitrogen and oxygen atoms in total. The molecule has 2 saturated heterocycles. The molecular formula is C13H23N3. The maximum Gasteiger partial charge on any atom is 0.0684 e. The molecule has 0 radical (unpaired) electrons. The van der Waals surface area contributed by atoms with Crippen molar-refractivity contribution >= 4 is 0 Å². The van der Waals surface area contributed by atoms with Crippen LogP contribution >= 0.6 is 0 Å². The number of nitrogens with zero attached hydrogens (tertiary/aromatic N) is 2. The fourth-order valence-corrected chi connectivity index (χ4v) is 2.92. The zero-order chi connectivity index (χ0) is 11.6. The molecular weight excluding hydrogens is 198 g/mol. The van der Waals surface area contributed by atoms with Crippen molar-refractivity contribution < 1.29 is 0 Å². The molecule has 1 N–H and O–H groups in total. The molecule has 0 aliphatic carbocycles. The standard InChI is InChI=1S/C13H23N3/c1-13(2,10-14)5-7-16-6-3-4-11-8-15-9-12(11)16/h11-12,15H,3-9H2,1-2H3. The van der Waals surface area contributed by atoms with Crippen LogP contribution in [0.4, 0.5) is 0 Å². The highest BCUT2D eigenvalue weighted by Gasteiger charge is 2.35. The quantitative estimate of drug-likeness (QED) is 0.787. The maximum atomic E-state index is 9.03. The van der Waals surface area contributed by atoms with Crippen LogP contribution in [0.15, 0.2) is 0 Å². The molecule has 2 fully saturated rings. The number of nitriles is 1. The normalized spacial score (nSPS) is 31.1. The third kappa shape index (κ3) is 2.56. The molecule has 90 valence electrons. The highest BCUT2D eigenvalue weighted by Crippen LogP contribution is 2.28. The Kier molecular flexibility index (Phi) is 3.51. The van der Waals surface area contributed by atoms with Gasteiger partial charge in [-0.25, -0.2) is 0 Å². The number of nitrogens with one attached hydrogen (secondary N) is 1. The molecule has 0 aromatic rings. The van der Waals surface area contributed by atoms with Gasteiger partial charge in [-0.05, 0) is 58.7 Å². The third-order valence-corrected chi connectivity index (χ3v) is 4.12. The molecule has 0 saturated carbocycles. The van der Waals surface area contributed by atoms with Crippen molar-refractivity contribution in [3.05, 3.63) is 0 Å². The van der Waals surface area contributed by atoms with E-state index in [9.17, 15) is 0 Å². The maximum absolute atomic E-state index is 9.03. The predicted molar refractivity (Wildman–Crippen MR) is 65.0 cm³/mol. The van der Waals surface area contributed by atoms with E-state index in [0.29, 0.717) is 0 Å². The van der Waals surface area contributed by atoms with Crippen LogP contribution in [-0.2, 0) is 0 Å². The molecule has 2 aliphatic heterocycles. The minimum atomic E-state index is -0.168. The first-order valence-electron chi connectivity index (χ1n) is 6.48. The van der Waals surface area contributed by atoms with E-state index in [1.807, 2.05) is 13.8 Å². The second kappa shape index (κ2) is 4.73. The molecule has 2 unspecified atom stereocenters. The third-order valence-electron chi connectivity index (χ3n) is 4.12. The Labute approximate surface area is 98.8 Å². The monoisotopic (exact) mass is 221 g/mol. The first kappa shape index (κ1) is 11.9. The van der Waals surface area contributed by atoms with Crippen molar-refractivity contribution in [2.45, 2.75) is 39.2 Å². The first-order valence-corrected chi connectivity index (χ1v) is 6.48.